The minimum absolute atomic E-state index is 0.0249. The van der Waals surface area contributed by atoms with Crippen LogP contribution in [0.4, 0.5) is 10.1 Å². The van der Waals surface area contributed by atoms with Crippen molar-refractivity contribution in [2.45, 2.75) is 13.0 Å². The fourth-order valence-electron chi connectivity index (χ4n) is 1.92. The van der Waals surface area contributed by atoms with Crippen LogP contribution in [-0.4, -0.2) is 26.2 Å². The van der Waals surface area contributed by atoms with Crippen LogP contribution in [-0.2, 0) is 4.79 Å². The molecule has 2 aromatic carbocycles. The number of carbonyl (C=O) groups is 1. The largest absolute Gasteiger partial charge is 0.497 e. The number of anilines is 1. The summed E-state index contributed by atoms with van der Waals surface area (Å²) in [6, 6.07) is 10.9. The molecule has 1 atom stereocenters. The molecule has 23 heavy (non-hydrogen) atoms. The third-order valence-corrected chi connectivity index (χ3v) is 3.18. The number of amides is 1. The van der Waals surface area contributed by atoms with Crippen LogP contribution in [0.5, 0.6) is 17.2 Å². The molecule has 0 aromatic heterocycles. The molecule has 1 unspecified atom stereocenters. The molecule has 0 radical (unpaired) electrons. The fourth-order valence-corrected chi connectivity index (χ4v) is 1.92. The number of nitrogens with one attached hydrogen (secondary N) is 1. The zero-order valence-electron chi connectivity index (χ0n) is 13.1. The van der Waals surface area contributed by atoms with Gasteiger partial charge in [-0.05, 0) is 31.2 Å². The van der Waals surface area contributed by atoms with E-state index in [1.807, 2.05) is 0 Å². The average molecular weight is 319 g/mol. The van der Waals surface area contributed by atoms with Crippen LogP contribution in [0.15, 0.2) is 42.5 Å². The van der Waals surface area contributed by atoms with Gasteiger partial charge in [-0.25, -0.2) is 4.39 Å². The van der Waals surface area contributed by atoms with Crippen molar-refractivity contribution >= 4 is 11.6 Å². The highest BCUT2D eigenvalue weighted by Gasteiger charge is 2.18. The summed E-state index contributed by atoms with van der Waals surface area (Å²) in [5.74, 6) is 0.147. The highest BCUT2D eigenvalue weighted by atomic mass is 19.1. The second-order valence-electron chi connectivity index (χ2n) is 4.75. The number of benzene rings is 2. The molecule has 0 aliphatic heterocycles. The van der Waals surface area contributed by atoms with Crippen LogP contribution in [0.1, 0.15) is 6.92 Å². The summed E-state index contributed by atoms with van der Waals surface area (Å²) in [6.45, 7) is 1.54. The number of hydrogen-bond donors (Lipinski definition) is 1. The zero-order chi connectivity index (χ0) is 16.8. The number of carbonyl (C=O) groups excluding carboxylic acids is 1. The van der Waals surface area contributed by atoms with Crippen molar-refractivity contribution in [3.63, 3.8) is 0 Å². The van der Waals surface area contributed by atoms with E-state index in [9.17, 15) is 9.18 Å². The van der Waals surface area contributed by atoms with Crippen molar-refractivity contribution in [2.24, 2.45) is 0 Å². The van der Waals surface area contributed by atoms with E-state index >= 15 is 0 Å². The zero-order valence-corrected chi connectivity index (χ0v) is 13.1. The quantitative estimate of drug-likeness (QED) is 0.888. The van der Waals surface area contributed by atoms with Crippen LogP contribution in [0, 0.1) is 5.82 Å². The molecule has 0 saturated heterocycles. The van der Waals surface area contributed by atoms with Crippen LogP contribution in [0.2, 0.25) is 0 Å². The lowest BCUT2D eigenvalue weighted by atomic mass is 10.2. The first-order valence-electron chi connectivity index (χ1n) is 6.99. The molecule has 5 nitrogen and oxygen atoms in total. The molecule has 2 aromatic rings. The van der Waals surface area contributed by atoms with Crippen molar-refractivity contribution in [1.29, 1.82) is 0 Å². The lowest BCUT2D eigenvalue weighted by Crippen LogP contribution is -2.30. The number of rotatable bonds is 6. The Morgan fingerprint density at radius 1 is 1.09 bits per heavy atom. The Labute approximate surface area is 134 Å². The third kappa shape index (κ3) is 4.12. The Morgan fingerprint density at radius 2 is 1.83 bits per heavy atom. The second-order valence-corrected chi connectivity index (χ2v) is 4.75. The Bertz CT molecular complexity index is 690. The predicted molar refractivity (Wildman–Crippen MR) is 84.7 cm³/mol. The molecule has 0 aliphatic rings. The summed E-state index contributed by atoms with van der Waals surface area (Å²) >= 11 is 0. The number of ether oxygens (including phenoxy) is 3. The molecule has 1 N–H and O–H groups in total. The van der Waals surface area contributed by atoms with E-state index in [0.29, 0.717) is 17.2 Å². The van der Waals surface area contributed by atoms with Crippen LogP contribution < -0.4 is 19.5 Å². The summed E-state index contributed by atoms with van der Waals surface area (Å²) in [4.78, 5) is 12.2. The van der Waals surface area contributed by atoms with E-state index in [1.165, 1.54) is 33.3 Å². The van der Waals surface area contributed by atoms with Gasteiger partial charge in [0.15, 0.2) is 17.7 Å². The Hall–Kier alpha value is -2.76. The van der Waals surface area contributed by atoms with Gasteiger partial charge >= 0.3 is 0 Å². The maximum absolute atomic E-state index is 13.6. The van der Waals surface area contributed by atoms with E-state index in [-0.39, 0.29) is 5.75 Å². The SMILES string of the molecule is COc1ccc(NC(=O)C(C)Oc2ccccc2F)c(OC)c1. The monoisotopic (exact) mass is 319 g/mol. The van der Waals surface area contributed by atoms with Crippen molar-refractivity contribution in [3.8, 4) is 17.2 Å². The second kappa shape index (κ2) is 7.49. The maximum atomic E-state index is 13.6. The molecule has 0 bridgehead atoms. The molecule has 6 heteroatoms. The normalized spacial score (nSPS) is 11.5. The van der Waals surface area contributed by atoms with Gasteiger partial charge in [0.1, 0.15) is 11.5 Å². The molecule has 0 fully saturated rings. The van der Waals surface area contributed by atoms with Crippen molar-refractivity contribution in [2.75, 3.05) is 19.5 Å². The Kier molecular flexibility index (Phi) is 5.41. The predicted octanol–water partition coefficient (Wildman–Crippen LogP) is 3.25. The van der Waals surface area contributed by atoms with E-state index in [4.69, 9.17) is 14.2 Å². The topological polar surface area (TPSA) is 56.8 Å². The minimum atomic E-state index is -0.876. The van der Waals surface area contributed by atoms with E-state index in [2.05, 4.69) is 5.32 Å². The fraction of sp³-hybridized carbons (Fsp3) is 0.235. The summed E-state index contributed by atoms with van der Waals surface area (Å²) < 4.78 is 29.2. The van der Waals surface area contributed by atoms with Crippen molar-refractivity contribution in [3.05, 3.63) is 48.3 Å². The first-order valence-corrected chi connectivity index (χ1v) is 6.99. The molecule has 122 valence electrons. The van der Waals surface area contributed by atoms with Gasteiger partial charge < -0.3 is 19.5 Å². The molecule has 0 saturated carbocycles. The molecule has 0 spiro atoms. The first-order chi connectivity index (χ1) is 11.0. The van der Waals surface area contributed by atoms with Gasteiger partial charge in [-0.3, -0.25) is 4.79 Å². The summed E-state index contributed by atoms with van der Waals surface area (Å²) in [5.41, 5.74) is 0.474. The standard InChI is InChI=1S/C17H18FNO4/c1-11(23-15-7-5-4-6-13(15)18)17(20)19-14-9-8-12(21-2)10-16(14)22-3/h4-11H,1-3H3,(H,19,20). The highest BCUT2D eigenvalue weighted by Crippen LogP contribution is 2.29. The van der Waals surface area contributed by atoms with Crippen LogP contribution in [0.25, 0.3) is 0 Å². The van der Waals surface area contributed by atoms with E-state index in [1.54, 1.807) is 30.3 Å². The van der Waals surface area contributed by atoms with Gasteiger partial charge in [-0.15, -0.1) is 0 Å². The van der Waals surface area contributed by atoms with E-state index < -0.39 is 17.8 Å². The number of para-hydroxylation sites is 1. The van der Waals surface area contributed by atoms with Crippen LogP contribution in [0.3, 0.4) is 0 Å². The van der Waals surface area contributed by atoms with Gasteiger partial charge in [0, 0.05) is 6.07 Å². The van der Waals surface area contributed by atoms with Gasteiger partial charge in [0.25, 0.3) is 5.91 Å². The van der Waals surface area contributed by atoms with Crippen LogP contribution >= 0.6 is 0 Å². The minimum Gasteiger partial charge on any atom is -0.497 e. The smallest absolute Gasteiger partial charge is 0.265 e. The lowest BCUT2D eigenvalue weighted by molar-refractivity contribution is -0.122. The van der Waals surface area contributed by atoms with Gasteiger partial charge in [0.05, 0.1) is 19.9 Å². The molecule has 0 heterocycles. The highest BCUT2D eigenvalue weighted by molar-refractivity contribution is 5.95. The third-order valence-electron chi connectivity index (χ3n) is 3.18. The first kappa shape index (κ1) is 16.6. The molecule has 2 rings (SSSR count). The van der Waals surface area contributed by atoms with Gasteiger partial charge in [-0.1, -0.05) is 12.1 Å². The van der Waals surface area contributed by atoms with Crippen molar-refractivity contribution in [1.82, 2.24) is 0 Å². The average Bonchev–Trinajstić information content (AvgIpc) is 2.57. The number of methoxy groups -OCH3 is 2. The van der Waals surface area contributed by atoms with Gasteiger partial charge in [-0.2, -0.15) is 0 Å². The molecular formula is C17H18FNO4. The summed E-state index contributed by atoms with van der Waals surface area (Å²) in [6.07, 6.45) is -0.876. The van der Waals surface area contributed by atoms with Crippen molar-refractivity contribution < 1.29 is 23.4 Å². The van der Waals surface area contributed by atoms with Gasteiger partial charge in [0.2, 0.25) is 0 Å². The molecule has 1 amide bonds. The summed E-state index contributed by atoms with van der Waals surface area (Å²) in [5, 5.41) is 2.69. The summed E-state index contributed by atoms with van der Waals surface area (Å²) in [7, 11) is 3.03. The number of hydrogen-bond acceptors (Lipinski definition) is 4. The Balaban J connectivity index is 2.08. The maximum Gasteiger partial charge on any atom is 0.265 e. The molecular weight excluding hydrogens is 301 g/mol. The lowest BCUT2D eigenvalue weighted by Gasteiger charge is -2.16. The molecule has 0 aliphatic carbocycles. The Morgan fingerprint density at radius 3 is 2.48 bits per heavy atom. The number of halogens is 1. The van der Waals surface area contributed by atoms with E-state index in [0.717, 1.165) is 0 Å².